The van der Waals surface area contributed by atoms with Crippen molar-refractivity contribution < 1.29 is 38.1 Å². The van der Waals surface area contributed by atoms with Crippen LogP contribution in [0.25, 0.3) is 0 Å². The fourth-order valence-electron chi connectivity index (χ4n) is 8.21. The zero-order chi connectivity index (χ0) is 24.8. The number of hydrogen-bond donors (Lipinski definition) is 1. The Bertz CT molecular complexity index is 1020. The molecule has 0 aromatic heterocycles. The maximum Gasteiger partial charge on any atom is 0.303 e. The van der Waals surface area contributed by atoms with Crippen molar-refractivity contribution >= 4 is 17.5 Å². The summed E-state index contributed by atoms with van der Waals surface area (Å²) in [5.41, 5.74) is -2.63. The van der Waals surface area contributed by atoms with E-state index in [4.69, 9.17) is 14.2 Å². The fourth-order valence-corrected chi connectivity index (χ4v) is 8.21. The summed E-state index contributed by atoms with van der Waals surface area (Å²) < 4.78 is 33.2. The van der Waals surface area contributed by atoms with Gasteiger partial charge in [0.15, 0.2) is 23.8 Å². The van der Waals surface area contributed by atoms with Gasteiger partial charge >= 0.3 is 5.97 Å². The lowest BCUT2D eigenvalue weighted by atomic mass is 9.46. The highest BCUT2D eigenvalue weighted by atomic mass is 19.1. The Balaban J connectivity index is 1.58. The van der Waals surface area contributed by atoms with Crippen molar-refractivity contribution in [3.63, 3.8) is 0 Å². The summed E-state index contributed by atoms with van der Waals surface area (Å²) >= 11 is 0. The lowest BCUT2D eigenvalue weighted by Gasteiger charge is -2.60. The number of aliphatic hydroxyl groups is 1. The van der Waals surface area contributed by atoms with E-state index in [1.54, 1.807) is 19.9 Å². The number of Topliss-reactive ketones (excluding diaryl/α,β-unsaturated/α-hetero) is 1. The number of alkyl halides is 1. The first kappa shape index (κ1) is 23.8. The van der Waals surface area contributed by atoms with Crippen molar-refractivity contribution in [1.82, 2.24) is 0 Å². The van der Waals surface area contributed by atoms with Crippen LogP contribution in [0.5, 0.6) is 0 Å². The van der Waals surface area contributed by atoms with Gasteiger partial charge < -0.3 is 19.3 Å². The van der Waals surface area contributed by atoms with Crippen LogP contribution in [0.1, 0.15) is 53.9 Å². The first-order chi connectivity index (χ1) is 15.7. The first-order valence-corrected chi connectivity index (χ1v) is 12.1. The molecule has 8 heteroatoms. The number of fused-ring (bicyclic) bond motifs is 7. The molecule has 0 bridgehead atoms. The van der Waals surface area contributed by atoms with Gasteiger partial charge in [-0.1, -0.05) is 19.9 Å². The van der Waals surface area contributed by atoms with Crippen LogP contribution < -0.4 is 0 Å². The van der Waals surface area contributed by atoms with Crippen molar-refractivity contribution in [1.29, 1.82) is 0 Å². The van der Waals surface area contributed by atoms with Crippen LogP contribution in [-0.4, -0.2) is 59.0 Å². The number of ether oxygens (including phenoxy) is 3. The molecule has 34 heavy (non-hydrogen) atoms. The van der Waals surface area contributed by atoms with E-state index in [2.05, 4.69) is 0 Å². The van der Waals surface area contributed by atoms with Crippen molar-refractivity contribution in [3.8, 4) is 0 Å². The maximum atomic E-state index is 15.6. The second-order valence-electron chi connectivity index (χ2n) is 11.6. The topological polar surface area (TPSA) is 99.1 Å². The standard InChI is InChI=1S/C26H33FO7/c1-13(28)32-12-20(31)26-21(33-23(2,3)34-26)10-16-15-9-18(27)17-8-14(29)6-7-24(17,4)22(15)19(30)11-25(16,26)5/h6-8,15-16,18-19,21-22,30H,9-12H2,1-5H3/t15-,16-,18-,19-,21+,22+,24-,25-,26+/m0/s1. The predicted octanol–water partition coefficient (Wildman–Crippen LogP) is 2.85. The molecule has 0 aromatic carbocycles. The third-order valence-electron chi connectivity index (χ3n) is 9.29. The van der Waals surface area contributed by atoms with E-state index >= 15 is 4.39 Å². The van der Waals surface area contributed by atoms with Gasteiger partial charge in [0.1, 0.15) is 6.17 Å². The van der Waals surface area contributed by atoms with E-state index in [9.17, 15) is 19.5 Å². The van der Waals surface area contributed by atoms with E-state index in [1.165, 1.54) is 19.1 Å². The van der Waals surface area contributed by atoms with E-state index in [0.29, 0.717) is 12.0 Å². The van der Waals surface area contributed by atoms with Crippen LogP contribution in [0.2, 0.25) is 0 Å². The van der Waals surface area contributed by atoms with E-state index in [0.717, 1.165) is 0 Å². The normalized spacial score (nSPS) is 48.3. The number of rotatable bonds is 3. The predicted molar refractivity (Wildman–Crippen MR) is 118 cm³/mol. The van der Waals surface area contributed by atoms with Gasteiger partial charge in [-0.15, -0.1) is 0 Å². The van der Waals surface area contributed by atoms with Crippen LogP contribution in [0.4, 0.5) is 4.39 Å². The molecule has 0 spiro atoms. The van der Waals surface area contributed by atoms with Gasteiger partial charge in [-0.2, -0.15) is 0 Å². The molecule has 0 unspecified atom stereocenters. The third-order valence-corrected chi connectivity index (χ3v) is 9.29. The average Bonchev–Trinajstić information content (AvgIpc) is 3.13. The molecule has 4 fully saturated rings. The molecular weight excluding hydrogens is 443 g/mol. The van der Waals surface area contributed by atoms with E-state index < -0.39 is 59.0 Å². The van der Waals surface area contributed by atoms with Crippen LogP contribution in [-0.2, 0) is 28.6 Å². The fraction of sp³-hybridized carbons (Fsp3) is 0.731. The van der Waals surface area contributed by atoms with Gasteiger partial charge in [-0.05, 0) is 62.7 Å². The molecule has 9 atom stereocenters. The summed E-state index contributed by atoms with van der Waals surface area (Å²) in [6.45, 7) is 8.10. The van der Waals surface area contributed by atoms with Crippen LogP contribution in [0, 0.1) is 28.6 Å². The third kappa shape index (κ3) is 3.00. The van der Waals surface area contributed by atoms with Gasteiger partial charge in [0.25, 0.3) is 0 Å². The summed E-state index contributed by atoms with van der Waals surface area (Å²) in [6, 6.07) is 0. The quantitative estimate of drug-likeness (QED) is 0.626. The van der Waals surface area contributed by atoms with Crippen LogP contribution in [0.3, 0.4) is 0 Å². The SMILES string of the molecule is CC(=O)OCC(=O)[C@@]12OC(C)(C)O[C@@H]1C[C@H]1[C@@H]3C[C@H](F)C4=CC(=O)C=C[C@]4(C)[C@H]3[C@@H](O)C[C@@]12C. The van der Waals surface area contributed by atoms with E-state index in [1.807, 2.05) is 13.8 Å². The lowest BCUT2D eigenvalue weighted by molar-refractivity contribution is -0.227. The summed E-state index contributed by atoms with van der Waals surface area (Å²) in [7, 11) is 0. The molecule has 1 heterocycles. The molecule has 7 nitrogen and oxygen atoms in total. The number of hydrogen-bond acceptors (Lipinski definition) is 7. The molecule has 3 saturated carbocycles. The largest absolute Gasteiger partial charge is 0.458 e. The number of ketones is 2. The number of esters is 1. The minimum Gasteiger partial charge on any atom is -0.458 e. The second-order valence-corrected chi connectivity index (χ2v) is 11.6. The molecule has 5 rings (SSSR count). The Morgan fingerprint density at radius 1 is 1.24 bits per heavy atom. The monoisotopic (exact) mass is 476 g/mol. The molecule has 0 amide bonds. The van der Waals surface area contributed by atoms with Crippen molar-refractivity contribution in [2.24, 2.45) is 28.6 Å². The Morgan fingerprint density at radius 2 is 1.94 bits per heavy atom. The molecule has 1 saturated heterocycles. The highest BCUT2D eigenvalue weighted by Crippen LogP contribution is 2.70. The summed E-state index contributed by atoms with van der Waals surface area (Å²) in [4.78, 5) is 37.1. The Hall–Kier alpha value is -1.90. The van der Waals surface area contributed by atoms with E-state index in [-0.39, 0.29) is 36.4 Å². The highest BCUT2D eigenvalue weighted by molar-refractivity contribution is 6.01. The van der Waals surface area contributed by atoms with Gasteiger partial charge in [-0.3, -0.25) is 14.4 Å². The molecule has 0 aromatic rings. The van der Waals surface area contributed by atoms with Crippen molar-refractivity contribution in [2.75, 3.05) is 6.61 Å². The van der Waals surface area contributed by atoms with Gasteiger partial charge in [0.05, 0.1) is 12.2 Å². The summed E-state index contributed by atoms with van der Waals surface area (Å²) in [5.74, 6) is -2.94. The molecule has 5 aliphatic rings. The van der Waals surface area contributed by atoms with Crippen molar-refractivity contribution in [2.45, 2.75) is 83.6 Å². The average molecular weight is 477 g/mol. The number of aliphatic hydroxyl groups excluding tert-OH is 1. The molecule has 186 valence electrons. The van der Waals surface area contributed by atoms with Gasteiger partial charge in [0, 0.05) is 23.7 Å². The Labute approximate surface area is 198 Å². The second kappa shape index (κ2) is 7.31. The summed E-state index contributed by atoms with van der Waals surface area (Å²) in [6.07, 6.45) is 2.70. The molecular formula is C26H33FO7. The minimum absolute atomic E-state index is 0.161. The van der Waals surface area contributed by atoms with Crippen molar-refractivity contribution in [3.05, 3.63) is 23.8 Å². The van der Waals surface area contributed by atoms with Gasteiger partial charge in [0.2, 0.25) is 5.78 Å². The zero-order valence-corrected chi connectivity index (χ0v) is 20.3. The minimum atomic E-state index is -1.41. The lowest BCUT2D eigenvalue weighted by Crippen LogP contribution is -2.64. The maximum absolute atomic E-state index is 15.6. The number of carbonyl (C=O) groups excluding carboxylic acids is 3. The zero-order valence-electron chi connectivity index (χ0n) is 20.3. The Morgan fingerprint density at radius 3 is 2.62 bits per heavy atom. The number of allylic oxidation sites excluding steroid dienone is 4. The smallest absolute Gasteiger partial charge is 0.303 e. The van der Waals surface area contributed by atoms with Gasteiger partial charge in [-0.25, -0.2) is 4.39 Å². The summed E-state index contributed by atoms with van der Waals surface area (Å²) in [5, 5.41) is 11.6. The molecule has 0 radical (unpaired) electrons. The number of carbonyl (C=O) groups is 3. The molecule has 1 aliphatic heterocycles. The molecule has 4 aliphatic carbocycles. The van der Waals surface area contributed by atoms with Crippen LogP contribution in [0.15, 0.2) is 23.8 Å². The Kier molecular flexibility index (Phi) is 5.12. The molecule has 1 N–H and O–H groups in total. The van der Waals surface area contributed by atoms with Crippen LogP contribution >= 0.6 is 0 Å². The highest BCUT2D eigenvalue weighted by Gasteiger charge is 2.77. The number of halogens is 1. The first-order valence-electron chi connectivity index (χ1n) is 12.1.